The summed E-state index contributed by atoms with van der Waals surface area (Å²) < 4.78 is 38.0. The van der Waals surface area contributed by atoms with Crippen molar-refractivity contribution in [3.63, 3.8) is 0 Å². The highest BCUT2D eigenvalue weighted by Gasteiger charge is 2.30. The van der Waals surface area contributed by atoms with Crippen LogP contribution in [-0.2, 0) is 12.7 Å². The van der Waals surface area contributed by atoms with Gasteiger partial charge in [-0.1, -0.05) is 24.0 Å². The Morgan fingerprint density at radius 2 is 1.96 bits per heavy atom. The number of pyridine rings is 1. The fraction of sp³-hybridized carbons (Fsp3) is 0.263. The Labute approximate surface area is 173 Å². The maximum Gasteiger partial charge on any atom is 0.416 e. The highest BCUT2D eigenvalue weighted by molar-refractivity contribution is 14.0. The molecule has 0 aliphatic heterocycles. The van der Waals surface area contributed by atoms with Crippen LogP contribution in [0.5, 0.6) is 0 Å². The Bertz CT molecular complexity index is 796. The zero-order valence-electron chi connectivity index (χ0n) is 14.7. The van der Waals surface area contributed by atoms with E-state index < -0.39 is 11.7 Å². The Hall–Kier alpha value is -2.28. The van der Waals surface area contributed by atoms with E-state index in [1.54, 1.807) is 12.3 Å². The van der Waals surface area contributed by atoms with Gasteiger partial charge in [-0.15, -0.1) is 24.0 Å². The van der Waals surface area contributed by atoms with E-state index in [2.05, 4.69) is 32.5 Å². The van der Waals surface area contributed by atoms with Crippen LogP contribution in [0.1, 0.15) is 23.7 Å². The van der Waals surface area contributed by atoms with Gasteiger partial charge in [-0.05, 0) is 37.3 Å². The number of aromatic nitrogens is 1. The number of rotatable bonds is 4. The molecule has 1 aromatic heterocycles. The summed E-state index contributed by atoms with van der Waals surface area (Å²) in [6, 6.07) is 10.5. The van der Waals surface area contributed by atoms with Crippen molar-refractivity contribution in [1.82, 2.24) is 15.6 Å². The predicted octanol–water partition coefficient (Wildman–Crippen LogP) is 3.83. The molecule has 0 radical (unpaired) electrons. The zero-order chi connectivity index (χ0) is 18.8. The van der Waals surface area contributed by atoms with Crippen LogP contribution >= 0.6 is 24.0 Å². The molecule has 0 fully saturated rings. The van der Waals surface area contributed by atoms with E-state index in [1.807, 2.05) is 25.1 Å². The van der Waals surface area contributed by atoms with Crippen LogP contribution in [0.4, 0.5) is 13.2 Å². The molecule has 1 heterocycles. The minimum absolute atomic E-state index is 0. The second-order valence-corrected chi connectivity index (χ2v) is 5.25. The first kappa shape index (κ1) is 22.8. The minimum Gasteiger partial charge on any atom is -0.357 e. The number of aliphatic imine (C=N–C) groups is 1. The number of guanidine groups is 1. The molecule has 2 aromatic rings. The molecule has 0 bridgehead atoms. The molecule has 0 aliphatic carbocycles. The quantitative estimate of drug-likeness (QED) is 0.298. The molecule has 0 atom stereocenters. The van der Waals surface area contributed by atoms with Crippen molar-refractivity contribution < 1.29 is 13.2 Å². The van der Waals surface area contributed by atoms with Gasteiger partial charge in [-0.25, -0.2) is 4.99 Å². The van der Waals surface area contributed by atoms with Gasteiger partial charge in [-0.3, -0.25) is 4.98 Å². The summed E-state index contributed by atoms with van der Waals surface area (Å²) in [6.07, 6.45) is -2.67. The lowest BCUT2D eigenvalue weighted by Crippen LogP contribution is -2.37. The largest absolute Gasteiger partial charge is 0.416 e. The molecule has 0 amide bonds. The van der Waals surface area contributed by atoms with Crippen LogP contribution in [-0.4, -0.2) is 24.0 Å². The lowest BCUT2D eigenvalue weighted by atomic mass is 10.1. The molecule has 2 rings (SSSR count). The third-order valence-corrected chi connectivity index (χ3v) is 3.24. The summed E-state index contributed by atoms with van der Waals surface area (Å²) in [5.41, 5.74) is 0.444. The van der Waals surface area contributed by atoms with E-state index in [4.69, 9.17) is 0 Å². The predicted molar refractivity (Wildman–Crippen MR) is 111 cm³/mol. The van der Waals surface area contributed by atoms with Crippen LogP contribution in [0.25, 0.3) is 0 Å². The molecule has 2 N–H and O–H groups in total. The van der Waals surface area contributed by atoms with Gasteiger partial charge in [0.25, 0.3) is 0 Å². The molecule has 0 unspecified atom stereocenters. The van der Waals surface area contributed by atoms with Gasteiger partial charge < -0.3 is 10.6 Å². The van der Waals surface area contributed by atoms with Crippen molar-refractivity contribution in [3.05, 3.63) is 65.5 Å². The fourth-order valence-corrected chi connectivity index (χ4v) is 2.04. The van der Waals surface area contributed by atoms with E-state index in [0.29, 0.717) is 24.6 Å². The van der Waals surface area contributed by atoms with Crippen LogP contribution < -0.4 is 10.6 Å². The van der Waals surface area contributed by atoms with Gasteiger partial charge in [0.15, 0.2) is 5.96 Å². The maximum absolute atomic E-state index is 12.7. The SMILES string of the molecule is CCNC(=NCc1ccccn1)NCC#Cc1cccc(C(F)(F)F)c1.I. The van der Waals surface area contributed by atoms with Crippen molar-refractivity contribution in [3.8, 4) is 11.8 Å². The normalized spacial score (nSPS) is 11.0. The average Bonchev–Trinajstić information content (AvgIpc) is 2.63. The van der Waals surface area contributed by atoms with Gasteiger partial charge >= 0.3 is 6.18 Å². The average molecular weight is 488 g/mol. The van der Waals surface area contributed by atoms with Crippen molar-refractivity contribution in [1.29, 1.82) is 0 Å². The molecular weight excluding hydrogens is 468 g/mol. The second kappa shape index (κ2) is 11.4. The number of benzene rings is 1. The van der Waals surface area contributed by atoms with Crippen molar-refractivity contribution in [2.45, 2.75) is 19.6 Å². The number of halogens is 4. The van der Waals surface area contributed by atoms with Gasteiger partial charge in [0, 0.05) is 18.3 Å². The summed E-state index contributed by atoms with van der Waals surface area (Å²) in [5, 5.41) is 6.10. The van der Waals surface area contributed by atoms with Gasteiger partial charge in [0.05, 0.1) is 24.3 Å². The van der Waals surface area contributed by atoms with E-state index >= 15 is 0 Å². The first-order valence-electron chi connectivity index (χ1n) is 8.07. The number of hydrogen-bond acceptors (Lipinski definition) is 2. The van der Waals surface area contributed by atoms with E-state index in [-0.39, 0.29) is 30.5 Å². The fourth-order valence-electron chi connectivity index (χ4n) is 2.04. The highest BCUT2D eigenvalue weighted by atomic mass is 127. The molecule has 8 heteroatoms. The zero-order valence-corrected chi connectivity index (χ0v) is 17.0. The summed E-state index contributed by atoms with van der Waals surface area (Å²) in [5.74, 6) is 6.09. The number of alkyl halides is 3. The highest BCUT2D eigenvalue weighted by Crippen LogP contribution is 2.29. The molecule has 0 saturated carbocycles. The second-order valence-electron chi connectivity index (χ2n) is 5.25. The van der Waals surface area contributed by atoms with Crippen molar-refractivity contribution >= 4 is 29.9 Å². The molecule has 4 nitrogen and oxygen atoms in total. The molecule has 27 heavy (non-hydrogen) atoms. The van der Waals surface area contributed by atoms with E-state index in [1.165, 1.54) is 6.07 Å². The van der Waals surface area contributed by atoms with Crippen molar-refractivity contribution in [2.24, 2.45) is 4.99 Å². The Morgan fingerprint density at radius 1 is 1.15 bits per heavy atom. The number of hydrogen-bond donors (Lipinski definition) is 2. The van der Waals surface area contributed by atoms with Crippen LogP contribution in [0.15, 0.2) is 53.7 Å². The lowest BCUT2D eigenvalue weighted by molar-refractivity contribution is -0.137. The molecule has 0 saturated heterocycles. The van der Waals surface area contributed by atoms with Crippen LogP contribution in [0, 0.1) is 11.8 Å². The van der Waals surface area contributed by atoms with Crippen LogP contribution in [0.2, 0.25) is 0 Å². The topological polar surface area (TPSA) is 49.3 Å². The third kappa shape index (κ3) is 8.30. The standard InChI is InChI=1S/C19H19F3N4.HI/c1-2-23-18(26-14-17-10-3-4-11-24-17)25-12-6-8-15-7-5-9-16(13-15)19(20,21)22;/h3-5,7,9-11,13H,2,12,14H2,1H3,(H2,23,25,26);1H. The monoisotopic (exact) mass is 488 g/mol. The molecule has 0 aliphatic rings. The summed E-state index contributed by atoms with van der Waals surface area (Å²) in [6.45, 7) is 3.28. The molecule has 144 valence electrons. The van der Waals surface area contributed by atoms with E-state index in [0.717, 1.165) is 17.8 Å². The van der Waals surface area contributed by atoms with Gasteiger partial charge in [0.2, 0.25) is 0 Å². The Balaban J connectivity index is 0.00000364. The third-order valence-electron chi connectivity index (χ3n) is 3.24. The van der Waals surface area contributed by atoms with Gasteiger partial charge in [0.1, 0.15) is 0 Å². The summed E-state index contributed by atoms with van der Waals surface area (Å²) >= 11 is 0. The van der Waals surface area contributed by atoms with Crippen molar-refractivity contribution in [2.75, 3.05) is 13.1 Å². The molecule has 1 aromatic carbocycles. The van der Waals surface area contributed by atoms with Crippen LogP contribution in [0.3, 0.4) is 0 Å². The molecule has 0 spiro atoms. The summed E-state index contributed by atoms with van der Waals surface area (Å²) in [7, 11) is 0. The van der Waals surface area contributed by atoms with Gasteiger partial charge in [-0.2, -0.15) is 13.2 Å². The Morgan fingerprint density at radius 3 is 2.63 bits per heavy atom. The first-order valence-corrected chi connectivity index (χ1v) is 8.07. The summed E-state index contributed by atoms with van der Waals surface area (Å²) in [4.78, 5) is 8.58. The number of nitrogens with zero attached hydrogens (tertiary/aromatic N) is 2. The van der Waals surface area contributed by atoms with E-state index in [9.17, 15) is 13.2 Å². The number of nitrogens with one attached hydrogen (secondary N) is 2. The Kier molecular flexibility index (Phi) is 9.64. The minimum atomic E-state index is -4.37. The first-order chi connectivity index (χ1) is 12.5. The molecular formula is C19H20F3IN4. The smallest absolute Gasteiger partial charge is 0.357 e. The lowest BCUT2D eigenvalue weighted by Gasteiger charge is -2.08. The maximum atomic E-state index is 12.7.